The maximum Gasteiger partial charge on any atom is 0.410 e. The predicted octanol–water partition coefficient (Wildman–Crippen LogP) is 6.07. The SMILES string of the molecule is COc1cc2ncnc(Nc3ccc(F)c(Cl)c3F)c2cc1N1CC2(CCN(C(=O)OC(C)(C)C)CC2)CC1=O. The maximum absolute atomic E-state index is 14.6. The smallest absolute Gasteiger partial charge is 0.410 e. The fourth-order valence-electron chi connectivity index (χ4n) is 5.24. The molecule has 0 saturated carbocycles. The van der Waals surface area contributed by atoms with Crippen molar-refractivity contribution in [3.05, 3.63) is 47.2 Å². The van der Waals surface area contributed by atoms with E-state index in [9.17, 15) is 18.4 Å². The normalized spacial score (nSPS) is 17.0. The van der Waals surface area contributed by atoms with E-state index < -0.39 is 22.3 Å². The molecule has 2 amide bonds. The van der Waals surface area contributed by atoms with Crippen LogP contribution < -0.4 is 15.0 Å². The Kier molecular flexibility index (Phi) is 7.20. The van der Waals surface area contributed by atoms with Gasteiger partial charge in [-0.3, -0.25) is 4.79 Å². The molecule has 1 aromatic heterocycles. The van der Waals surface area contributed by atoms with Gasteiger partial charge in [0.05, 0.1) is 24.0 Å². The van der Waals surface area contributed by atoms with Crippen LogP contribution in [0, 0.1) is 17.0 Å². The Morgan fingerprint density at radius 3 is 2.55 bits per heavy atom. The van der Waals surface area contributed by atoms with E-state index in [4.69, 9.17) is 21.1 Å². The second-order valence-electron chi connectivity index (χ2n) is 11.2. The number of benzene rings is 2. The van der Waals surface area contributed by atoms with E-state index in [0.29, 0.717) is 61.2 Å². The molecule has 2 aliphatic heterocycles. The van der Waals surface area contributed by atoms with E-state index >= 15 is 0 Å². The van der Waals surface area contributed by atoms with Gasteiger partial charge < -0.3 is 24.6 Å². The lowest BCUT2D eigenvalue weighted by Gasteiger charge is -2.39. The summed E-state index contributed by atoms with van der Waals surface area (Å²) in [5.41, 5.74) is 0.0977. The summed E-state index contributed by atoms with van der Waals surface area (Å²) in [4.78, 5) is 37.8. The van der Waals surface area contributed by atoms with Crippen LogP contribution >= 0.6 is 11.6 Å². The summed E-state index contributed by atoms with van der Waals surface area (Å²) in [6.45, 7) is 6.94. The lowest BCUT2D eigenvalue weighted by Crippen LogP contribution is -2.46. The van der Waals surface area contributed by atoms with Crippen LogP contribution in [-0.2, 0) is 9.53 Å². The third-order valence-corrected chi connectivity index (χ3v) is 7.66. The number of fused-ring (bicyclic) bond motifs is 1. The fourth-order valence-corrected chi connectivity index (χ4v) is 5.40. The molecule has 5 rings (SSSR count). The monoisotopic (exact) mass is 573 g/mol. The van der Waals surface area contributed by atoms with Crippen LogP contribution in [0.15, 0.2) is 30.6 Å². The van der Waals surface area contributed by atoms with Crippen molar-refractivity contribution in [2.24, 2.45) is 5.41 Å². The molecule has 12 heteroatoms. The second-order valence-corrected chi connectivity index (χ2v) is 11.6. The van der Waals surface area contributed by atoms with Gasteiger partial charge >= 0.3 is 6.09 Å². The van der Waals surface area contributed by atoms with E-state index in [0.717, 1.165) is 6.07 Å². The highest BCUT2D eigenvalue weighted by molar-refractivity contribution is 6.31. The van der Waals surface area contributed by atoms with E-state index in [2.05, 4.69) is 15.3 Å². The highest BCUT2D eigenvalue weighted by atomic mass is 35.5. The molecule has 2 fully saturated rings. The molecule has 1 spiro atoms. The molecule has 2 aliphatic rings. The lowest BCUT2D eigenvalue weighted by atomic mass is 9.78. The minimum absolute atomic E-state index is 0.0586. The third-order valence-electron chi connectivity index (χ3n) is 7.31. The summed E-state index contributed by atoms with van der Waals surface area (Å²) in [5.74, 6) is -1.18. The number of methoxy groups -OCH3 is 1. The maximum atomic E-state index is 14.6. The van der Waals surface area contributed by atoms with Crippen LogP contribution in [0.4, 0.5) is 30.8 Å². The third kappa shape index (κ3) is 5.34. The molecule has 2 saturated heterocycles. The van der Waals surface area contributed by atoms with Gasteiger partial charge in [0.25, 0.3) is 0 Å². The molecule has 0 aliphatic carbocycles. The van der Waals surface area contributed by atoms with E-state index in [1.54, 1.807) is 21.9 Å². The first-order valence-corrected chi connectivity index (χ1v) is 13.3. The minimum Gasteiger partial charge on any atom is -0.494 e. The lowest BCUT2D eigenvalue weighted by molar-refractivity contribution is -0.118. The summed E-state index contributed by atoms with van der Waals surface area (Å²) >= 11 is 5.75. The van der Waals surface area contributed by atoms with Gasteiger partial charge in [-0.25, -0.2) is 23.5 Å². The first kappa shape index (κ1) is 27.8. The fraction of sp³-hybridized carbons (Fsp3) is 0.429. The Morgan fingerprint density at radius 2 is 1.88 bits per heavy atom. The van der Waals surface area contributed by atoms with Crippen molar-refractivity contribution in [1.82, 2.24) is 14.9 Å². The number of nitrogens with one attached hydrogen (secondary N) is 1. The average Bonchev–Trinajstić information content (AvgIpc) is 3.22. The van der Waals surface area contributed by atoms with E-state index in [1.807, 2.05) is 20.8 Å². The molecule has 0 atom stereocenters. The number of carbonyl (C=O) groups excluding carboxylic acids is 2. The number of amides is 2. The largest absolute Gasteiger partial charge is 0.494 e. The number of rotatable bonds is 4. The Labute approximate surface area is 235 Å². The summed E-state index contributed by atoms with van der Waals surface area (Å²) < 4.78 is 39.4. The zero-order valence-corrected chi connectivity index (χ0v) is 23.4. The molecule has 3 aromatic rings. The molecule has 2 aromatic carbocycles. The van der Waals surface area contributed by atoms with E-state index in [1.165, 1.54) is 19.5 Å². The average molecular weight is 574 g/mol. The second kappa shape index (κ2) is 10.3. The van der Waals surface area contributed by atoms with Gasteiger partial charge in [-0.05, 0) is 51.8 Å². The van der Waals surface area contributed by atoms with Crippen molar-refractivity contribution in [3.8, 4) is 5.75 Å². The molecule has 9 nitrogen and oxygen atoms in total. The minimum atomic E-state index is -0.948. The van der Waals surface area contributed by atoms with Gasteiger partial charge in [0.15, 0.2) is 5.82 Å². The Balaban J connectivity index is 1.42. The molecule has 0 bridgehead atoms. The molecule has 0 unspecified atom stereocenters. The summed E-state index contributed by atoms with van der Waals surface area (Å²) in [7, 11) is 1.51. The standard InChI is InChI=1S/C28H30ClF2N5O4/c1-27(2,3)40-26(38)35-9-7-28(8-10-35)13-22(37)36(14-28)20-11-16-19(12-21(20)39-4)32-15-33-25(16)34-18-6-5-17(30)23(29)24(18)31/h5-6,11-12,15H,7-10,13-14H2,1-4H3,(H,32,33,34). The number of carbonyl (C=O) groups is 2. The number of hydrogen-bond donors (Lipinski definition) is 1. The van der Waals surface area contributed by atoms with Crippen molar-refractivity contribution >= 4 is 51.7 Å². The quantitative estimate of drug-likeness (QED) is 0.378. The van der Waals surface area contributed by atoms with Crippen molar-refractivity contribution in [2.45, 2.75) is 45.6 Å². The van der Waals surface area contributed by atoms with Gasteiger partial charge in [0.1, 0.15) is 34.3 Å². The van der Waals surface area contributed by atoms with Crippen LogP contribution in [0.5, 0.6) is 5.75 Å². The van der Waals surface area contributed by atoms with Crippen LogP contribution in [-0.4, -0.2) is 59.2 Å². The molecule has 0 radical (unpaired) electrons. The van der Waals surface area contributed by atoms with Crippen molar-refractivity contribution < 1.29 is 27.8 Å². The van der Waals surface area contributed by atoms with Gasteiger partial charge in [0, 0.05) is 42.9 Å². The van der Waals surface area contributed by atoms with Gasteiger partial charge in [0.2, 0.25) is 5.91 Å². The van der Waals surface area contributed by atoms with Crippen LogP contribution in [0.25, 0.3) is 10.9 Å². The number of halogens is 3. The molecular formula is C28H30ClF2N5O4. The first-order chi connectivity index (χ1) is 18.9. The van der Waals surface area contributed by atoms with Crippen molar-refractivity contribution in [3.63, 3.8) is 0 Å². The molecule has 1 N–H and O–H groups in total. The summed E-state index contributed by atoms with van der Waals surface area (Å²) in [5, 5.41) is 2.75. The van der Waals surface area contributed by atoms with E-state index in [-0.39, 0.29) is 28.9 Å². The van der Waals surface area contributed by atoms with Gasteiger partial charge in [-0.15, -0.1) is 0 Å². The first-order valence-electron chi connectivity index (χ1n) is 12.9. The predicted molar refractivity (Wildman–Crippen MR) is 147 cm³/mol. The number of piperidine rings is 1. The van der Waals surface area contributed by atoms with Crippen molar-refractivity contribution in [2.75, 3.05) is 37.0 Å². The number of aromatic nitrogens is 2. The summed E-state index contributed by atoms with van der Waals surface area (Å²) in [6, 6.07) is 5.70. The number of hydrogen-bond acceptors (Lipinski definition) is 7. The van der Waals surface area contributed by atoms with Crippen LogP contribution in [0.3, 0.4) is 0 Å². The molecule has 3 heterocycles. The van der Waals surface area contributed by atoms with Gasteiger partial charge in [-0.2, -0.15) is 0 Å². The number of nitrogens with zero attached hydrogens (tertiary/aromatic N) is 4. The molecule has 40 heavy (non-hydrogen) atoms. The molecular weight excluding hydrogens is 544 g/mol. The Bertz CT molecular complexity index is 1490. The highest BCUT2D eigenvalue weighted by Crippen LogP contribution is 2.46. The number of anilines is 3. The number of likely N-dealkylation sites (tertiary alicyclic amines) is 1. The van der Waals surface area contributed by atoms with Crippen LogP contribution in [0.1, 0.15) is 40.0 Å². The zero-order valence-electron chi connectivity index (χ0n) is 22.7. The molecule has 212 valence electrons. The van der Waals surface area contributed by atoms with Crippen LogP contribution in [0.2, 0.25) is 5.02 Å². The Morgan fingerprint density at radius 1 is 1.15 bits per heavy atom. The topological polar surface area (TPSA) is 96.9 Å². The van der Waals surface area contributed by atoms with Gasteiger partial charge in [-0.1, -0.05) is 11.6 Å². The highest BCUT2D eigenvalue weighted by Gasteiger charge is 2.47. The summed E-state index contributed by atoms with van der Waals surface area (Å²) in [6.07, 6.45) is 2.61. The van der Waals surface area contributed by atoms with Crippen molar-refractivity contribution in [1.29, 1.82) is 0 Å². The zero-order chi connectivity index (χ0) is 28.8. The Hall–Kier alpha value is -3.73. The number of ether oxygens (including phenoxy) is 2.